The number of alkyl halides is 1. The van der Waals surface area contributed by atoms with Crippen LogP contribution in [0.25, 0.3) is 106 Å². The predicted molar refractivity (Wildman–Crippen MR) is 384 cm³/mol. The molecule has 4 aliphatic carbocycles. The Morgan fingerprint density at radius 2 is 0.695 bits per heavy atom. The van der Waals surface area contributed by atoms with E-state index in [-0.39, 0.29) is 29.9 Å². The van der Waals surface area contributed by atoms with Crippen LogP contribution in [-0.2, 0) is 11.2 Å². The van der Waals surface area contributed by atoms with E-state index < -0.39 is 0 Å². The van der Waals surface area contributed by atoms with Crippen molar-refractivity contribution in [1.82, 2.24) is 19.9 Å². The van der Waals surface area contributed by atoms with E-state index in [1.54, 1.807) is 18.2 Å². The van der Waals surface area contributed by atoms with Gasteiger partial charge in [0.25, 0.3) is 0 Å². The van der Waals surface area contributed by atoms with Crippen LogP contribution < -0.4 is 0 Å². The maximum atomic E-state index is 13.4. The highest BCUT2D eigenvalue weighted by Crippen LogP contribution is 2.49. The van der Waals surface area contributed by atoms with E-state index in [9.17, 15) is 27.5 Å². The van der Waals surface area contributed by atoms with Crippen LogP contribution in [0.2, 0.25) is 0 Å². The lowest BCUT2D eigenvalue weighted by Crippen LogP contribution is -2.01. The number of allylic oxidation sites excluding steroid dienone is 3. The molecule has 0 bridgehead atoms. The molecular weight excluding hydrogens is 1250 g/mol. The highest BCUT2D eigenvalue weighted by atomic mass is 79.9. The van der Waals surface area contributed by atoms with Gasteiger partial charge >= 0.3 is 0 Å². The van der Waals surface area contributed by atoms with Crippen molar-refractivity contribution in [3.05, 3.63) is 293 Å². The number of carbonyl (C=O) groups excluding carboxylic acids is 1. The standard InChI is InChI=1S/C21H17BrFN.C21H18FNO.C21H16FNO.C21H18FN/c22-13-3-5-18-20(14-9-11-16(23)12-10-14)17-4-1-2-6-19(17)24-21(18)15-7-8-15;2*22-16-11-9-14(10-12-16)20-17-4-1-2-6-19(17)23-21(15-7-8-15)18(20)5-3-13-24;1-2-5-18-20(14-10-12-16(22)13-11-14)17-6-3-4-7-19(17)23-21(18)15-8-9-15/h1-6,9-12,15H,7-8,13H2;1-6,9-12,15,24H,7-8,13H2;1-6,9-13,15H,7-8H2;2-4,6-7,10-13,15H,1,5,8-9H2/b3*5-3+;. The molecule has 0 aliphatic heterocycles. The lowest BCUT2D eigenvalue weighted by atomic mass is 9.91. The van der Waals surface area contributed by atoms with Crippen molar-refractivity contribution in [3.8, 4) is 44.5 Å². The first-order chi connectivity index (χ1) is 46.6. The topological polar surface area (TPSA) is 88.9 Å². The second kappa shape index (κ2) is 29.2. The van der Waals surface area contributed by atoms with E-state index in [4.69, 9.17) is 19.9 Å². The van der Waals surface area contributed by atoms with E-state index in [0.29, 0.717) is 23.7 Å². The van der Waals surface area contributed by atoms with E-state index in [1.165, 1.54) is 108 Å². The van der Waals surface area contributed by atoms with Crippen LogP contribution in [-0.4, -0.2) is 43.3 Å². The molecule has 4 aromatic heterocycles. The number of fused-ring (bicyclic) bond motifs is 4. The van der Waals surface area contributed by atoms with E-state index in [2.05, 4.69) is 58.9 Å². The summed E-state index contributed by atoms with van der Waals surface area (Å²) in [6.45, 7) is 3.90. The summed E-state index contributed by atoms with van der Waals surface area (Å²) >= 11 is 3.47. The number of benzene rings is 8. The Labute approximate surface area is 559 Å². The van der Waals surface area contributed by atoms with Gasteiger partial charge in [0.15, 0.2) is 0 Å². The molecule has 4 heterocycles. The van der Waals surface area contributed by atoms with Gasteiger partial charge in [0.1, 0.15) is 29.6 Å². The Morgan fingerprint density at radius 1 is 0.400 bits per heavy atom. The number of nitrogens with zero attached hydrogens (tertiary/aromatic N) is 4. The summed E-state index contributed by atoms with van der Waals surface area (Å²) in [5, 5.41) is 14.3. The van der Waals surface area contributed by atoms with Gasteiger partial charge in [-0.05, 0) is 176 Å². The minimum Gasteiger partial charge on any atom is -0.392 e. The lowest BCUT2D eigenvalue weighted by Gasteiger charge is -2.16. The van der Waals surface area contributed by atoms with Crippen LogP contribution in [0.3, 0.4) is 0 Å². The molecule has 4 saturated carbocycles. The van der Waals surface area contributed by atoms with Crippen LogP contribution in [0.1, 0.15) is 120 Å². The average molecular weight is 1320 g/mol. The first kappa shape index (κ1) is 63.9. The first-order valence-electron chi connectivity index (χ1n) is 32.6. The molecule has 472 valence electrons. The number of halogens is 5. The van der Waals surface area contributed by atoms with Crippen molar-refractivity contribution >= 4 is 84.1 Å². The fraction of sp³-hybridized carbons (Fsp3) is 0.179. The second-order valence-corrected chi connectivity index (χ2v) is 25.2. The maximum Gasteiger partial charge on any atom is 0.142 e. The Morgan fingerprint density at radius 3 is 1.01 bits per heavy atom. The number of hydrogen-bond donors (Lipinski definition) is 1. The number of aliphatic hydroxyl groups is 1. The maximum absolute atomic E-state index is 13.4. The lowest BCUT2D eigenvalue weighted by molar-refractivity contribution is -0.104. The Bertz CT molecular complexity index is 4730. The molecule has 0 atom stereocenters. The van der Waals surface area contributed by atoms with Gasteiger partial charge in [-0.15, -0.1) is 6.58 Å². The first-order valence-corrected chi connectivity index (χ1v) is 33.7. The number of rotatable bonds is 16. The zero-order valence-electron chi connectivity index (χ0n) is 52.4. The molecule has 11 heteroatoms. The SMILES string of the molecule is C=CCc1c(C2CC2)nc2ccccc2c1-c1ccc(F)cc1.Fc1ccc(-c2c(/C=C/CBr)c(C3CC3)nc3ccccc23)cc1.O=C/C=C/c1c(C2CC2)nc2ccccc2c1-c1ccc(F)cc1.OC/C=C/c1c(C2CC2)nc2ccccc2c1-c1ccc(F)cc1. The van der Waals surface area contributed by atoms with E-state index in [0.717, 1.165) is 149 Å². The van der Waals surface area contributed by atoms with Crippen molar-refractivity contribution in [1.29, 1.82) is 0 Å². The van der Waals surface area contributed by atoms with Gasteiger partial charge in [-0.25, -0.2) is 17.6 Å². The Balaban J connectivity index is 0.000000115. The molecular formula is C84H69BrF4N4O2. The second-order valence-electron chi connectivity index (χ2n) is 24.5. The molecule has 1 N–H and O–H groups in total. The number of hydrogen-bond acceptors (Lipinski definition) is 6. The predicted octanol–water partition coefficient (Wildman–Crippen LogP) is 22.0. The minimum atomic E-state index is -0.260. The number of aldehydes is 1. The summed E-state index contributed by atoms with van der Waals surface area (Å²) < 4.78 is 53.5. The molecule has 6 nitrogen and oxygen atoms in total. The number of carbonyl (C=O) groups is 1. The van der Waals surface area contributed by atoms with Crippen molar-refractivity contribution < 1.29 is 27.5 Å². The molecule has 8 aromatic carbocycles. The van der Waals surface area contributed by atoms with Gasteiger partial charge in [-0.2, -0.15) is 0 Å². The average Bonchev–Trinajstić information content (AvgIpc) is 1.76. The van der Waals surface area contributed by atoms with Gasteiger partial charge in [0, 0.05) is 89.6 Å². The van der Waals surface area contributed by atoms with Gasteiger partial charge < -0.3 is 5.11 Å². The van der Waals surface area contributed by atoms with Gasteiger partial charge in [-0.3, -0.25) is 24.7 Å². The van der Waals surface area contributed by atoms with Crippen molar-refractivity contribution in [2.24, 2.45) is 0 Å². The number of aromatic nitrogens is 4. The third-order valence-electron chi connectivity index (χ3n) is 17.7. The number of aliphatic hydroxyl groups excluding tert-OH is 1. The molecule has 16 rings (SSSR count). The Kier molecular flexibility index (Phi) is 19.7. The summed E-state index contributed by atoms with van der Waals surface area (Å²) in [7, 11) is 0. The summed E-state index contributed by atoms with van der Waals surface area (Å²) in [5.74, 6) is 1.11. The molecule has 95 heavy (non-hydrogen) atoms. The molecule has 0 amide bonds. The van der Waals surface area contributed by atoms with Crippen LogP contribution in [0.4, 0.5) is 17.6 Å². The number of para-hydroxylation sites is 4. The molecule has 0 radical (unpaired) electrons. The summed E-state index contributed by atoms with van der Waals surface area (Å²) in [5.41, 5.74) is 21.2. The van der Waals surface area contributed by atoms with Crippen molar-refractivity contribution in [2.75, 3.05) is 11.9 Å². The fourth-order valence-electron chi connectivity index (χ4n) is 12.8. The summed E-state index contributed by atoms with van der Waals surface area (Å²) in [4.78, 5) is 30.5. The van der Waals surface area contributed by atoms with Crippen LogP contribution in [0.15, 0.2) is 225 Å². The largest absolute Gasteiger partial charge is 0.392 e. The molecule has 0 spiro atoms. The fourth-order valence-corrected chi connectivity index (χ4v) is 12.9. The zero-order valence-corrected chi connectivity index (χ0v) is 54.0. The van der Waals surface area contributed by atoms with Crippen molar-refractivity contribution in [3.63, 3.8) is 0 Å². The van der Waals surface area contributed by atoms with Crippen LogP contribution in [0, 0.1) is 23.3 Å². The summed E-state index contributed by atoms with van der Waals surface area (Å²) in [6.07, 6.45) is 24.1. The smallest absolute Gasteiger partial charge is 0.142 e. The quantitative estimate of drug-likeness (QED) is 0.0341. The van der Waals surface area contributed by atoms with Gasteiger partial charge in [0.05, 0.1) is 45.8 Å². The van der Waals surface area contributed by atoms with Crippen molar-refractivity contribution in [2.45, 2.75) is 81.5 Å². The normalized spacial score (nSPS) is 14.4. The van der Waals surface area contributed by atoms with E-state index >= 15 is 0 Å². The molecule has 4 aliphatic rings. The Hall–Kier alpha value is -9.81. The molecule has 12 aromatic rings. The van der Waals surface area contributed by atoms with Crippen LogP contribution in [0.5, 0.6) is 0 Å². The molecule has 0 unspecified atom stereocenters. The van der Waals surface area contributed by atoms with Crippen LogP contribution >= 0.6 is 15.9 Å². The third kappa shape index (κ3) is 14.6. The minimum absolute atomic E-state index is 0.0141. The van der Waals surface area contributed by atoms with Gasteiger partial charge in [-0.1, -0.05) is 168 Å². The monoisotopic (exact) mass is 1320 g/mol. The van der Waals surface area contributed by atoms with E-state index in [1.807, 2.05) is 127 Å². The number of pyridine rings is 4. The molecule has 0 saturated heterocycles. The zero-order chi connectivity index (χ0) is 65.4. The highest BCUT2D eigenvalue weighted by Gasteiger charge is 2.33. The third-order valence-corrected chi connectivity index (χ3v) is 18.1. The highest BCUT2D eigenvalue weighted by molar-refractivity contribution is 9.09. The molecule has 4 fully saturated rings. The summed E-state index contributed by atoms with van der Waals surface area (Å²) in [6, 6.07) is 59.1. The van der Waals surface area contributed by atoms with Gasteiger partial charge in [0.2, 0.25) is 0 Å².